The van der Waals surface area contributed by atoms with Crippen LogP contribution in [0.15, 0.2) is 36.4 Å². The number of nitrogens with zero attached hydrogens (tertiary/aromatic N) is 1. The van der Waals surface area contributed by atoms with Crippen molar-refractivity contribution in [3.05, 3.63) is 47.5 Å². The van der Waals surface area contributed by atoms with Gasteiger partial charge in [-0.15, -0.1) is 0 Å². The van der Waals surface area contributed by atoms with E-state index in [4.69, 9.17) is 5.73 Å². The monoisotopic (exact) mass is 287 g/mol. The van der Waals surface area contributed by atoms with Gasteiger partial charge in [0.15, 0.2) is 0 Å². The largest absolute Gasteiger partial charge is 0.355 e. The van der Waals surface area contributed by atoms with Gasteiger partial charge in [-0.2, -0.15) is 0 Å². The molecule has 0 aliphatic heterocycles. The maximum Gasteiger partial charge on any atom is 0.251 e. The van der Waals surface area contributed by atoms with Crippen molar-refractivity contribution in [2.24, 2.45) is 11.7 Å². The van der Waals surface area contributed by atoms with Crippen molar-refractivity contribution in [3.8, 4) is 0 Å². The van der Waals surface area contributed by atoms with Crippen molar-refractivity contribution >= 4 is 11.8 Å². The van der Waals surface area contributed by atoms with E-state index >= 15 is 0 Å². The number of rotatable bonds is 4. The third-order valence-corrected chi connectivity index (χ3v) is 3.67. The number of nitrogens with two attached hydrogens (primary N) is 1. The first-order valence-electron chi connectivity index (χ1n) is 7.01. The van der Waals surface area contributed by atoms with Gasteiger partial charge in [0.2, 0.25) is 5.91 Å². The van der Waals surface area contributed by atoms with Gasteiger partial charge in [-0.3, -0.25) is 9.59 Å². The number of nitrogens with one attached hydrogen (secondary N) is 1. The molecular weight excluding hydrogens is 266 g/mol. The highest BCUT2D eigenvalue weighted by Gasteiger charge is 2.25. The molecule has 2 amide bonds. The minimum atomic E-state index is -0.116. The summed E-state index contributed by atoms with van der Waals surface area (Å²) in [6, 6.07) is 7.24. The second kappa shape index (κ2) is 6.54. The Labute approximate surface area is 124 Å². The number of hydrogen-bond acceptors (Lipinski definition) is 3. The summed E-state index contributed by atoms with van der Waals surface area (Å²) in [5, 5.41) is 2.58. The number of amides is 2. The highest BCUT2D eigenvalue weighted by Crippen LogP contribution is 2.19. The number of benzene rings is 1. The van der Waals surface area contributed by atoms with Gasteiger partial charge in [0.1, 0.15) is 0 Å². The van der Waals surface area contributed by atoms with Crippen LogP contribution >= 0.6 is 0 Å². The Bertz CT molecular complexity index is 551. The molecule has 0 spiro atoms. The average Bonchev–Trinajstić information content (AvgIpc) is 2.93. The average molecular weight is 287 g/mol. The van der Waals surface area contributed by atoms with E-state index in [9.17, 15) is 9.59 Å². The van der Waals surface area contributed by atoms with E-state index in [1.807, 2.05) is 24.3 Å². The third kappa shape index (κ3) is 3.70. The molecule has 3 N–H and O–H groups in total. The Morgan fingerprint density at radius 1 is 1.29 bits per heavy atom. The van der Waals surface area contributed by atoms with Crippen molar-refractivity contribution in [2.75, 3.05) is 14.1 Å². The predicted octanol–water partition coefficient (Wildman–Crippen LogP) is 0.908. The highest BCUT2D eigenvalue weighted by molar-refractivity contribution is 5.93. The van der Waals surface area contributed by atoms with Crippen LogP contribution in [0.5, 0.6) is 0 Å². The van der Waals surface area contributed by atoms with Crippen LogP contribution in [-0.2, 0) is 11.3 Å². The lowest BCUT2D eigenvalue weighted by atomic mass is 10.1. The van der Waals surface area contributed by atoms with E-state index in [1.54, 1.807) is 31.1 Å². The maximum absolute atomic E-state index is 12.3. The van der Waals surface area contributed by atoms with E-state index in [-0.39, 0.29) is 23.8 Å². The second-order valence-electron chi connectivity index (χ2n) is 5.36. The third-order valence-electron chi connectivity index (χ3n) is 3.67. The zero-order chi connectivity index (χ0) is 15.4. The predicted molar refractivity (Wildman–Crippen MR) is 81.5 cm³/mol. The van der Waals surface area contributed by atoms with Gasteiger partial charge in [-0.25, -0.2) is 0 Å². The molecule has 2 rings (SSSR count). The first-order valence-corrected chi connectivity index (χ1v) is 7.01. The molecule has 1 aliphatic carbocycles. The minimum Gasteiger partial charge on any atom is -0.355 e. The zero-order valence-corrected chi connectivity index (χ0v) is 12.4. The van der Waals surface area contributed by atoms with E-state index < -0.39 is 0 Å². The Hall–Kier alpha value is -2.14. The SMILES string of the molecule is CNC(=O)c1ccc(CN(C)C(=O)C2C=CC(N)C2)cc1. The number of carbonyl (C=O) groups excluding carboxylic acids is 2. The Morgan fingerprint density at radius 3 is 2.48 bits per heavy atom. The Kier molecular flexibility index (Phi) is 4.75. The van der Waals surface area contributed by atoms with Gasteiger partial charge in [-0.05, 0) is 24.1 Å². The summed E-state index contributed by atoms with van der Waals surface area (Å²) in [7, 11) is 3.38. The summed E-state index contributed by atoms with van der Waals surface area (Å²) < 4.78 is 0. The summed E-state index contributed by atoms with van der Waals surface area (Å²) in [6.07, 6.45) is 4.45. The quantitative estimate of drug-likeness (QED) is 0.808. The molecule has 21 heavy (non-hydrogen) atoms. The molecular formula is C16H21N3O2. The summed E-state index contributed by atoms with van der Waals surface area (Å²) in [6.45, 7) is 0.520. The smallest absolute Gasteiger partial charge is 0.251 e. The van der Waals surface area contributed by atoms with Gasteiger partial charge in [0, 0.05) is 32.2 Å². The molecule has 0 bridgehead atoms. The van der Waals surface area contributed by atoms with Crippen LogP contribution < -0.4 is 11.1 Å². The molecule has 112 valence electrons. The molecule has 2 unspecified atom stereocenters. The molecule has 0 heterocycles. The summed E-state index contributed by atoms with van der Waals surface area (Å²) >= 11 is 0. The van der Waals surface area contributed by atoms with Crippen molar-refractivity contribution in [2.45, 2.75) is 19.0 Å². The van der Waals surface area contributed by atoms with Crippen LogP contribution in [0.2, 0.25) is 0 Å². The number of carbonyl (C=O) groups is 2. The molecule has 0 saturated heterocycles. The van der Waals surface area contributed by atoms with E-state index in [0.29, 0.717) is 18.5 Å². The standard InChI is InChI=1S/C16H21N3O2/c1-18-15(20)12-5-3-11(4-6-12)10-19(2)16(21)13-7-8-14(17)9-13/h3-8,13-14H,9-10,17H2,1-2H3,(H,18,20). The lowest BCUT2D eigenvalue weighted by Gasteiger charge is -2.21. The first-order chi connectivity index (χ1) is 10.0. The van der Waals surface area contributed by atoms with Gasteiger partial charge >= 0.3 is 0 Å². The van der Waals surface area contributed by atoms with Crippen LogP contribution in [0, 0.1) is 5.92 Å². The summed E-state index contributed by atoms with van der Waals surface area (Å²) in [4.78, 5) is 25.4. The summed E-state index contributed by atoms with van der Waals surface area (Å²) in [5.41, 5.74) is 7.38. The normalized spacial score (nSPS) is 20.3. The topological polar surface area (TPSA) is 75.4 Å². The fourth-order valence-electron chi connectivity index (χ4n) is 2.45. The molecule has 5 nitrogen and oxygen atoms in total. The lowest BCUT2D eigenvalue weighted by molar-refractivity contribution is -0.133. The molecule has 1 aromatic rings. The minimum absolute atomic E-state index is 0.0146. The zero-order valence-electron chi connectivity index (χ0n) is 12.4. The van der Waals surface area contributed by atoms with Crippen molar-refractivity contribution in [1.29, 1.82) is 0 Å². The van der Waals surface area contributed by atoms with E-state index in [0.717, 1.165) is 5.56 Å². The fourth-order valence-corrected chi connectivity index (χ4v) is 2.45. The van der Waals surface area contributed by atoms with Crippen LogP contribution in [-0.4, -0.2) is 36.9 Å². The molecule has 0 saturated carbocycles. The van der Waals surface area contributed by atoms with Gasteiger partial charge in [-0.1, -0.05) is 24.3 Å². The molecule has 1 aromatic carbocycles. The molecule has 0 fully saturated rings. The lowest BCUT2D eigenvalue weighted by Crippen LogP contribution is -2.32. The van der Waals surface area contributed by atoms with Crippen molar-refractivity contribution in [1.82, 2.24) is 10.2 Å². The van der Waals surface area contributed by atoms with Crippen LogP contribution in [0.1, 0.15) is 22.3 Å². The fraction of sp³-hybridized carbons (Fsp3) is 0.375. The molecule has 2 atom stereocenters. The Morgan fingerprint density at radius 2 is 1.95 bits per heavy atom. The van der Waals surface area contributed by atoms with E-state index in [2.05, 4.69) is 5.32 Å². The Balaban J connectivity index is 1.96. The van der Waals surface area contributed by atoms with Gasteiger partial charge < -0.3 is 16.0 Å². The molecule has 5 heteroatoms. The van der Waals surface area contributed by atoms with Gasteiger partial charge in [0.05, 0.1) is 5.92 Å². The maximum atomic E-state index is 12.3. The first kappa shape index (κ1) is 15.3. The van der Waals surface area contributed by atoms with E-state index in [1.165, 1.54) is 0 Å². The van der Waals surface area contributed by atoms with Crippen LogP contribution in [0.3, 0.4) is 0 Å². The second-order valence-corrected chi connectivity index (χ2v) is 5.36. The highest BCUT2D eigenvalue weighted by atomic mass is 16.2. The van der Waals surface area contributed by atoms with Gasteiger partial charge in [0.25, 0.3) is 5.91 Å². The molecule has 0 aromatic heterocycles. The van der Waals surface area contributed by atoms with Crippen molar-refractivity contribution < 1.29 is 9.59 Å². The summed E-state index contributed by atoms with van der Waals surface area (Å²) in [5.74, 6) is -0.152. The van der Waals surface area contributed by atoms with Crippen LogP contribution in [0.25, 0.3) is 0 Å². The van der Waals surface area contributed by atoms with Crippen molar-refractivity contribution in [3.63, 3.8) is 0 Å². The molecule has 0 radical (unpaired) electrons. The van der Waals surface area contributed by atoms with Crippen LogP contribution in [0.4, 0.5) is 0 Å². The molecule has 1 aliphatic rings. The number of hydrogen-bond donors (Lipinski definition) is 2.